The minimum Gasteiger partial charge on any atom is -0.490 e. The second-order valence-electron chi connectivity index (χ2n) is 5.27. The van der Waals surface area contributed by atoms with Crippen molar-refractivity contribution in [2.75, 3.05) is 13.2 Å². The van der Waals surface area contributed by atoms with E-state index in [0.29, 0.717) is 30.3 Å². The molecule has 0 aliphatic carbocycles. The summed E-state index contributed by atoms with van der Waals surface area (Å²) in [6.45, 7) is 7.41. The second kappa shape index (κ2) is 6.56. The predicted octanol–water partition coefficient (Wildman–Crippen LogP) is 3.65. The lowest BCUT2D eigenvalue weighted by Crippen LogP contribution is -2.51. The van der Waals surface area contributed by atoms with Crippen molar-refractivity contribution in [1.29, 1.82) is 0 Å². The number of benzene rings is 1. The lowest BCUT2D eigenvalue weighted by atomic mass is 9.77. The molecule has 1 rings (SSSR count). The van der Waals surface area contributed by atoms with Crippen molar-refractivity contribution < 1.29 is 22.6 Å². The quantitative estimate of drug-likeness (QED) is 0.872. The van der Waals surface area contributed by atoms with E-state index in [0.717, 1.165) is 0 Å². The number of ether oxygens (including phenoxy) is 2. The largest absolute Gasteiger partial charge is 0.490 e. The zero-order valence-corrected chi connectivity index (χ0v) is 12.8. The van der Waals surface area contributed by atoms with Gasteiger partial charge in [-0.05, 0) is 31.5 Å². The fourth-order valence-electron chi connectivity index (χ4n) is 2.04. The Morgan fingerprint density at radius 3 is 2.05 bits per heavy atom. The van der Waals surface area contributed by atoms with Gasteiger partial charge in [0.15, 0.2) is 11.5 Å². The highest BCUT2D eigenvalue weighted by Gasteiger charge is 2.47. The van der Waals surface area contributed by atoms with Crippen molar-refractivity contribution in [2.24, 2.45) is 5.73 Å². The standard InChI is InChI=1S/C15H22F3NO2/c1-5-20-11-8-7-10(9-12(11)21-6-2)14(3,4)13(19)15(16,17)18/h7-9,13H,5-6,19H2,1-4H3. The summed E-state index contributed by atoms with van der Waals surface area (Å²) < 4.78 is 49.5. The van der Waals surface area contributed by atoms with Gasteiger partial charge in [0.25, 0.3) is 0 Å². The van der Waals surface area contributed by atoms with Crippen LogP contribution < -0.4 is 15.2 Å². The van der Waals surface area contributed by atoms with Crippen molar-refractivity contribution in [3.8, 4) is 11.5 Å². The van der Waals surface area contributed by atoms with Crippen LogP contribution in [0, 0.1) is 0 Å². The van der Waals surface area contributed by atoms with Crippen LogP contribution in [0.25, 0.3) is 0 Å². The lowest BCUT2D eigenvalue weighted by Gasteiger charge is -2.33. The van der Waals surface area contributed by atoms with Gasteiger partial charge in [0.05, 0.1) is 13.2 Å². The fourth-order valence-corrected chi connectivity index (χ4v) is 2.04. The van der Waals surface area contributed by atoms with Crippen molar-refractivity contribution >= 4 is 0 Å². The van der Waals surface area contributed by atoms with Gasteiger partial charge in [-0.15, -0.1) is 0 Å². The maximum Gasteiger partial charge on any atom is 0.404 e. The molecule has 0 heterocycles. The van der Waals surface area contributed by atoms with Crippen LogP contribution in [0.1, 0.15) is 33.3 Å². The molecule has 0 spiro atoms. The number of nitrogens with two attached hydrogens (primary N) is 1. The third-order valence-electron chi connectivity index (χ3n) is 3.42. The summed E-state index contributed by atoms with van der Waals surface area (Å²) in [7, 11) is 0. The summed E-state index contributed by atoms with van der Waals surface area (Å²) >= 11 is 0. The van der Waals surface area contributed by atoms with E-state index in [-0.39, 0.29) is 0 Å². The molecule has 1 aromatic carbocycles. The summed E-state index contributed by atoms with van der Waals surface area (Å²) in [6, 6.07) is 2.82. The molecule has 2 N–H and O–H groups in total. The SMILES string of the molecule is CCOc1ccc(C(C)(C)C(N)C(F)(F)F)cc1OCC. The molecule has 1 aromatic rings. The average molecular weight is 305 g/mol. The molecule has 0 aromatic heterocycles. The predicted molar refractivity (Wildman–Crippen MR) is 75.8 cm³/mol. The minimum absolute atomic E-state index is 0.398. The van der Waals surface area contributed by atoms with Gasteiger partial charge in [-0.1, -0.05) is 19.9 Å². The Hall–Kier alpha value is -1.43. The Kier molecular flexibility index (Phi) is 5.50. The number of hydrogen-bond donors (Lipinski definition) is 1. The Labute approximate surface area is 123 Å². The molecule has 0 fully saturated rings. The molecule has 0 aliphatic heterocycles. The highest BCUT2D eigenvalue weighted by atomic mass is 19.4. The van der Waals surface area contributed by atoms with Gasteiger partial charge in [0.2, 0.25) is 0 Å². The molecule has 1 unspecified atom stereocenters. The van der Waals surface area contributed by atoms with Crippen molar-refractivity contribution in [3.05, 3.63) is 23.8 Å². The second-order valence-corrected chi connectivity index (χ2v) is 5.27. The summed E-state index contributed by atoms with van der Waals surface area (Å²) in [5.74, 6) is 0.943. The summed E-state index contributed by atoms with van der Waals surface area (Å²) in [5.41, 5.74) is 4.57. The molecule has 3 nitrogen and oxygen atoms in total. The number of hydrogen-bond acceptors (Lipinski definition) is 3. The third-order valence-corrected chi connectivity index (χ3v) is 3.42. The van der Waals surface area contributed by atoms with Gasteiger partial charge in [-0.3, -0.25) is 0 Å². The van der Waals surface area contributed by atoms with E-state index in [2.05, 4.69) is 0 Å². The highest BCUT2D eigenvalue weighted by Crippen LogP contribution is 2.39. The Bertz CT molecular complexity index is 472. The first-order valence-corrected chi connectivity index (χ1v) is 6.87. The Balaban J connectivity index is 3.21. The molecule has 0 saturated carbocycles. The molecule has 0 amide bonds. The third kappa shape index (κ3) is 4.03. The Morgan fingerprint density at radius 2 is 1.57 bits per heavy atom. The van der Waals surface area contributed by atoms with E-state index in [4.69, 9.17) is 15.2 Å². The summed E-state index contributed by atoms with van der Waals surface area (Å²) in [6.07, 6.45) is -4.46. The lowest BCUT2D eigenvalue weighted by molar-refractivity contribution is -0.160. The van der Waals surface area contributed by atoms with Gasteiger partial charge in [0.1, 0.15) is 6.04 Å². The Morgan fingerprint density at radius 1 is 1.05 bits per heavy atom. The molecule has 0 bridgehead atoms. The fraction of sp³-hybridized carbons (Fsp3) is 0.600. The van der Waals surface area contributed by atoms with Crippen molar-refractivity contribution in [2.45, 2.75) is 45.3 Å². The van der Waals surface area contributed by atoms with Crippen LogP contribution in [-0.2, 0) is 5.41 Å². The molecule has 0 radical (unpaired) electrons. The van der Waals surface area contributed by atoms with E-state index in [1.165, 1.54) is 13.8 Å². The number of alkyl halides is 3. The number of rotatable bonds is 6. The molecule has 0 saturated heterocycles. The summed E-state index contributed by atoms with van der Waals surface area (Å²) in [4.78, 5) is 0. The van der Waals surface area contributed by atoms with E-state index in [1.54, 1.807) is 25.1 Å². The molecule has 120 valence electrons. The maximum absolute atomic E-state index is 12.9. The van der Waals surface area contributed by atoms with Gasteiger partial charge in [-0.25, -0.2) is 0 Å². The molecule has 6 heteroatoms. The average Bonchev–Trinajstić information content (AvgIpc) is 2.39. The highest BCUT2D eigenvalue weighted by molar-refractivity contribution is 5.45. The van der Waals surface area contributed by atoms with Crippen LogP contribution in [-0.4, -0.2) is 25.4 Å². The van der Waals surface area contributed by atoms with Crippen LogP contribution in [0.2, 0.25) is 0 Å². The first-order valence-electron chi connectivity index (χ1n) is 6.87. The van der Waals surface area contributed by atoms with Crippen molar-refractivity contribution in [1.82, 2.24) is 0 Å². The topological polar surface area (TPSA) is 44.5 Å². The first kappa shape index (κ1) is 17.6. The first-order chi connectivity index (χ1) is 9.64. The van der Waals surface area contributed by atoms with Gasteiger partial charge < -0.3 is 15.2 Å². The van der Waals surface area contributed by atoms with Crippen LogP contribution in [0.4, 0.5) is 13.2 Å². The van der Waals surface area contributed by atoms with Crippen LogP contribution in [0.15, 0.2) is 18.2 Å². The van der Waals surface area contributed by atoms with E-state index in [9.17, 15) is 13.2 Å². The van der Waals surface area contributed by atoms with Crippen LogP contribution in [0.3, 0.4) is 0 Å². The van der Waals surface area contributed by atoms with Crippen LogP contribution >= 0.6 is 0 Å². The monoisotopic (exact) mass is 305 g/mol. The normalized spacial score (nSPS) is 13.9. The molecule has 0 aliphatic rings. The molecular formula is C15H22F3NO2. The van der Waals surface area contributed by atoms with E-state index < -0.39 is 17.6 Å². The summed E-state index contributed by atoms with van der Waals surface area (Å²) in [5, 5.41) is 0. The van der Waals surface area contributed by atoms with E-state index in [1.807, 2.05) is 6.92 Å². The van der Waals surface area contributed by atoms with E-state index >= 15 is 0 Å². The van der Waals surface area contributed by atoms with Gasteiger partial charge in [0, 0.05) is 5.41 Å². The van der Waals surface area contributed by atoms with Crippen molar-refractivity contribution in [3.63, 3.8) is 0 Å². The van der Waals surface area contributed by atoms with Gasteiger partial charge >= 0.3 is 6.18 Å². The smallest absolute Gasteiger partial charge is 0.404 e. The zero-order valence-electron chi connectivity index (χ0n) is 12.8. The number of halogens is 3. The minimum atomic E-state index is -4.46. The van der Waals surface area contributed by atoms with Gasteiger partial charge in [-0.2, -0.15) is 13.2 Å². The maximum atomic E-state index is 12.9. The molecule has 1 atom stereocenters. The molecule has 21 heavy (non-hydrogen) atoms. The molecular weight excluding hydrogens is 283 g/mol. The van der Waals surface area contributed by atoms with Crippen LogP contribution in [0.5, 0.6) is 11.5 Å². The zero-order chi connectivity index (χ0) is 16.3.